The highest BCUT2D eigenvalue weighted by Crippen LogP contribution is 2.19. The second-order valence-electron chi connectivity index (χ2n) is 4.90. The van der Waals surface area contributed by atoms with E-state index in [1.165, 1.54) is 0 Å². The van der Waals surface area contributed by atoms with E-state index in [-0.39, 0.29) is 12.0 Å². The molecule has 102 valence electrons. The quantitative estimate of drug-likeness (QED) is 0.613. The number of benzene rings is 1. The predicted molar refractivity (Wildman–Crippen MR) is 72.5 cm³/mol. The van der Waals surface area contributed by atoms with Crippen molar-refractivity contribution in [3.05, 3.63) is 24.3 Å². The van der Waals surface area contributed by atoms with Crippen LogP contribution in [0.1, 0.15) is 13.8 Å². The maximum atomic E-state index is 10.9. The second kappa shape index (κ2) is 5.55. The maximum absolute atomic E-state index is 10.9. The lowest BCUT2D eigenvalue weighted by atomic mass is 9.95. The Kier molecular flexibility index (Phi) is 4.55. The highest BCUT2D eigenvalue weighted by molar-refractivity contribution is 7.90. The molecular formula is C11H19N3O3S. The third-order valence-electron chi connectivity index (χ3n) is 2.32. The average Bonchev–Trinajstić information content (AvgIpc) is 2.25. The summed E-state index contributed by atoms with van der Waals surface area (Å²) in [6, 6.07) is 6.76. The molecule has 1 aromatic rings. The molecule has 6 nitrogen and oxygen atoms in total. The first kappa shape index (κ1) is 14.7. The van der Waals surface area contributed by atoms with E-state index >= 15 is 0 Å². The molecule has 5 N–H and O–H groups in total. The van der Waals surface area contributed by atoms with E-state index in [4.69, 9.17) is 10.2 Å². The molecule has 1 rings (SSSR count). The highest BCUT2D eigenvalue weighted by atomic mass is 32.2. The molecule has 0 unspecified atom stereocenters. The topological polar surface area (TPSA) is 104 Å². The van der Waals surface area contributed by atoms with Crippen LogP contribution in [0.4, 0.5) is 11.4 Å². The molecule has 0 aliphatic heterocycles. The Morgan fingerprint density at radius 3 is 2.50 bits per heavy atom. The first-order chi connectivity index (χ1) is 8.22. The SMILES string of the molecule is CC(C)(CO)CNc1cccc(NS(N)(=O)=O)c1. The van der Waals surface area contributed by atoms with Crippen molar-refractivity contribution in [2.45, 2.75) is 13.8 Å². The Morgan fingerprint density at radius 1 is 1.33 bits per heavy atom. The van der Waals surface area contributed by atoms with Gasteiger partial charge in [0.25, 0.3) is 10.2 Å². The van der Waals surface area contributed by atoms with E-state index in [0.717, 1.165) is 5.69 Å². The van der Waals surface area contributed by atoms with Gasteiger partial charge in [0, 0.05) is 24.3 Å². The van der Waals surface area contributed by atoms with Gasteiger partial charge in [-0.2, -0.15) is 8.42 Å². The van der Waals surface area contributed by atoms with Gasteiger partial charge in [-0.05, 0) is 18.2 Å². The summed E-state index contributed by atoms with van der Waals surface area (Å²) >= 11 is 0. The van der Waals surface area contributed by atoms with E-state index in [0.29, 0.717) is 12.2 Å². The van der Waals surface area contributed by atoms with Crippen LogP contribution in [-0.2, 0) is 10.2 Å². The number of aliphatic hydroxyl groups excluding tert-OH is 1. The fourth-order valence-corrected chi connectivity index (χ4v) is 1.71. The van der Waals surface area contributed by atoms with Gasteiger partial charge in [0.15, 0.2) is 0 Å². The first-order valence-electron chi connectivity index (χ1n) is 5.47. The van der Waals surface area contributed by atoms with Crippen LogP contribution in [0, 0.1) is 5.41 Å². The smallest absolute Gasteiger partial charge is 0.296 e. The summed E-state index contributed by atoms with van der Waals surface area (Å²) in [4.78, 5) is 0. The minimum atomic E-state index is -3.76. The van der Waals surface area contributed by atoms with Crippen LogP contribution < -0.4 is 15.2 Å². The predicted octanol–water partition coefficient (Wildman–Crippen LogP) is 0.732. The van der Waals surface area contributed by atoms with E-state index < -0.39 is 10.2 Å². The van der Waals surface area contributed by atoms with Crippen molar-refractivity contribution in [1.29, 1.82) is 0 Å². The third-order valence-corrected chi connectivity index (χ3v) is 2.84. The molecule has 7 heteroatoms. The van der Waals surface area contributed by atoms with Crippen LogP contribution in [-0.4, -0.2) is 26.7 Å². The summed E-state index contributed by atoms with van der Waals surface area (Å²) in [5, 5.41) is 17.1. The van der Waals surface area contributed by atoms with Crippen molar-refractivity contribution < 1.29 is 13.5 Å². The van der Waals surface area contributed by atoms with Gasteiger partial charge in [0.05, 0.1) is 5.69 Å². The molecule has 0 heterocycles. The Labute approximate surface area is 107 Å². The van der Waals surface area contributed by atoms with Gasteiger partial charge >= 0.3 is 0 Å². The summed E-state index contributed by atoms with van der Waals surface area (Å²) in [5.41, 5.74) is 0.901. The molecule has 0 aromatic heterocycles. The van der Waals surface area contributed by atoms with Crippen molar-refractivity contribution >= 4 is 21.6 Å². The van der Waals surface area contributed by atoms with Gasteiger partial charge in [-0.1, -0.05) is 19.9 Å². The molecular weight excluding hydrogens is 254 g/mol. The molecule has 0 amide bonds. The molecule has 0 fully saturated rings. The number of anilines is 2. The van der Waals surface area contributed by atoms with Crippen molar-refractivity contribution in [3.63, 3.8) is 0 Å². The minimum Gasteiger partial charge on any atom is -0.396 e. The zero-order valence-electron chi connectivity index (χ0n) is 10.5. The number of hydrogen-bond donors (Lipinski definition) is 4. The standard InChI is InChI=1S/C11H19N3O3S/c1-11(2,8-15)7-13-9-4-3-5-10(6-9)14-18(12,16)17/h3-6,13-15H,7-8H2,1-2H3,(H2,12,16,17). The van der Waals surface area contributed by atoms with Gasteiger partial charge in [0.1, 0.15) is 0 Å². The van der Waals surface area contributed by atoms with E-state index in [1.54, 1.807) is 18.2 Å². The van der Waals surface area contributed by atoms with Crippen molar-refractivity contribution in [2.24, 2.45) is 10.6 Å². The molecule has 0 bridgehead atoms. The maximum Gasteiger partial charge on any atom is 0.296 e. The summed E-state index contributed by atoms with van der Waals surface area (Å²) in [6.07, 6.45) is 0. The Bertz CT molecular complexity index is 500. The van der Waals surface area contributed by atoms with Crippen molar-refractivity contribution in [3.8, 4) is 0 Å². The average molecular weight is 273 g/mol. The lowest BCUT2D eigenvalue weighted by Crippen LogP contribution is -2.26. The van der Waals surface area contributed by atoms with Gasteiger partial charge in [-0.15, -0.1) is 0 Å². The lowest BCUT2D eigenvalue weighted by Gasteiger charge is -2.22. The van der Waals surface area contributed by atoms with E-state index in [2.05, 4.69) is 10.0 Å². The summed E-state index contributed by atoms with van der Waals surface area (Å²) < 4.78 is 24.0. The highest BCUT2D eigenvalue weighted by Gasteiger charge is 2.15. The number of rotatable bonds is 6. The first-order valence-corrected chi connectivity index (χ1v) is 7.02. The van der Waals surface area contributed by atoms with E-state index in [9.17, 15) is 8.42 Å². The van der Waals surface area contributed by atoms with Crippen molar-refractivity contribution in [2.75, 3.05) is 23.2 Å². The molecule has 1 aromatic carbocycles. The zero-order chi connectivity index (χ0) is 13.8. The van der Waals surface area contributed by atoms with Gasteiger partial charge in [0.2, 0.25) is 0 Å². The summed E-state index contributed by atoms with van der Waals surface area (Å²) in [6.45, 7) is 4.48. The van der Waals surface area contributed by atoms with Crippen LogP contribution in [0.3, 0.4) is 0 Å². The molecule has 0 spiro atoms. The van der Waals surface area contributed by atoms with E-state index in [1.807, 2.05) is 19.9 Å². The molecule has 0 saturated heterocycles. The molecule has 0 atom stereocenters. The normalized spacial score (nSPS) is 12.2. The second-order valence-corrected chi connectivity index (χ2v) is 6.20. The Hall–Kier alpha value is -1.31. The third kappa shape index (κ3) is 5.35. The number of nitrogens with one attached hydrogen (secondary N) is 2. The molecule has 0 saturated carbocycles. The van der Waals surface area contributed by atoms with Gasteiger partial charge in [-0.3, -0.25) is 4.72 Å². The van der Waals surface area contributed by atoms with Crippen LogP contribution in [0.2, 0.25) is 0 Å². The number of hydrogen-bond acceptors (Lipinski definition) is 4. The lowest BCUT2D eigenvalue weighted by molar-refractivity contribution is 0.171. The molecule has 0 radical (unpaired) electrons. The summed E-state index contributed by atoms with van der Waals surface area (Å²) in [5.74, 6) is 0. The molecule has 18 heavy (non-hydrogen) atoms. The fraction of sp³-hybridized carbons (Fsp3) is 0.455. The molecule has 0 aliphatic rings. The van der Waals surface area contributed by atoms with Crippen LogP contribution in [0.15, 0.2) is 24.3 Å². The summed E-state index contributed by atoms with van der Waals surface area (Å²) in [7, 11) is -3.76. The molecule has 0 aliphatic carbocycles. The van der Waals surface area contributed by atoms with Gasteiger partial charge < -0.3 is 10.4 Å². The zero-order valence-corrected chi connectivity index (χ0v) is 11.3. The monoisotopic (exact) mass is 273 g/mol. The largest absolute Gasteiger partial charge is 0.396 e. The van der Waals surface area contributed by atoms with Gasteiger partial charge in [-0.25, -0.2) is 5.14 Å². The fourth-order valence-electron chi connectivity index (χ4n) is 1.25. The number of aliphatic hydroxyl groups is 1. The van der Waals surface area contributed by atoms with Crippen LogP contribution in [0.25, 0.3) is 0 Å². The van der Waals surface area contributed by atoms with Crippen molar-refractivity contribution in [1.82, 2.24) is 0 Å². The minimum absolute atomic E-state index is 0.0646. The Morgan fingerprint density at radius 2 is 1.94 bits per heavy atom. The van der Waals surface area contributed by atoms with Crippen LogP contribution >= 0.6 is 0 Å². The Balaban J connectivity index is 2.71. The number of nitrogens with two attached hydrogens (primary N) is 1. The van der Waals surface area contributed by atoms with Crippen LogP contribution in [0.5, 0.6) is 0 Å².